The molecule has 0 saturated carbocycles. The van der Waals surface area contributed by atoms with Crippen molar-refractivity contribution in [3.8, 4) is 0 Å². The van der Waals surface area contributed by atoms with Crippen molar-refractivity contribution in [1.82, 2.24) is 0 Å². The molecular weight excluding hydrogens is 318 g/mol. The van der Waals surface area contributed by atoms with Gasteiger partial charge >= 0.3 is 0 Å². The first-order chi connectivity index (χ1) is 9.19. The summed E-state index contributed by atoms with van der Waals surface area (Å²) >= 11 is 5.34. The Morgan fingerprint density at radius 3 is 2.58 bits per heavy atom. The Morgan fingerprint density at radius 1 is 1.16 bits per heavy atom. The molecule has 2 N–H and O–H groups in total. The molecule has 3 heteroatoms. The van der Waals surface area contributed by atoms with Crippen molar-refractivity contribution in [2.45, 2.75) is 35.6 Å². The molecule has 0 aliphatic rings. The van der Waals surface area contributed by atoms with Crippen molar-refractivity contribution in [1.29, 1.82) is 0 Å². The van der Waals surface area contributed by atoms with Gasteiger partial charge in [0.25, 0.3) is 0 Å². The predicted molar refractivity (Wildman–Crippen MR) is 86.7 cm³/mol. The molecule has 0 fully saturated rings. The zero-order valence-electron chi connectivity index (χ0n) is 11.0. The number of halogens is 1. The second-order valence-corrected chi connectivity index (χ2v) is 6.57. The van der Waals surface area contributed by atoms with Gasteiger partial charge in [-0.1, -0.05) is 52.8 Å². The Kier molecular flexibility index (Phi) is 5.49. The Bertz CT molecular complexity index is 528. The monoisotopic (exact) mass is 335 g/mol. The fraction of sp³-hybridized carbons (Fsp3) is 0.250. The largest absolute Gasteiger partial charge is 0.327 e. The first-order valence-electron chi connectivity index (χ1n) is 6.46. The highest BCUT2D eigenvalue weighted by molar-refractivity contribution is 9.10. The lowest BCUT2D eigenvalue weighted by Crippen LogP contribution is -2.21. The Hall–Kier alpha value is -0.770. The van der Waals surface area contributed by atoms with Gasteiger partial charge in [-0.25, -0.2) is 0 Å². The molecule has 0 amide bonds. The van der Waals surface area contributed by atoms with Gasteiger partial charge in [-0.05, 0) is 48.7 Å². The van der Waals surface area contributed by atoms with Gasteiger partial charge in [0, 0.05) is 20.3 Å². The molecule has 0 heterocycles. The van der Waals surface area contributed by atoms with E-state index in [4.69, 9.17) is 5.73 Å². The molecule has 19 heavy (non-hydrogen) atoms. The molecule has 1 nitrogen and oxygen atoms in total. The van der Waals surface area contributed by atoms with Crippen molar-refractivity contribution in [3.05, 3.63) is 58.6 Å². The predicted octanol–water partition coefficient (Wildman–Crippen LogP) is 4.88. The zero-order valence-corrected chi connectivity index (χ0v) is 13.4. The minimum absolute atomic E-state index is 0.226. The smallest absolute Gasteiger partial charge is 0.0178 e. The van der Waals surface area contributed by atoms with Gasteiger partial charge in [0.2, 0.25) is 0 Å². The maximum atomic E-state index is 6.09. The fourth-order valence-corrected chi connectivity index (χ4v) is 3.21. The van der Waals surface area contributed by atoms with Crippen molar-refractivity contribution < 1.29 is 0 Å². The maximum Gasteiger partial charge on any atom is 0.0178 e. The van der Waals surface area contributed by atoms with E-state index in [0.717, 1.165) is 17.3 Å². The molecule has 2 aromatic carbocycles. The summed E-state index contributed by atoms with van der Waals surface area (Å²) in [4.78, 5) is 2.55. The lowest BCUT2D eigenvalue weighted by atomic mass is 10.1. The highest BCUT2D eigenvalue weighted by Gasteiger charge is 2.09. The van der Waals surface area contributed by atoms with Crippen LogP contribution in [-0.2, 0) is 6.42 Å². The van der Waals surface area contributed by atoms with Crippen molar-refractivity contribution in [2.75, 3.05) is 0 Å². The van der Waals surface area contributed by atoms with Gasteiger partial charge in [-0.2, -0.15) is 0 Å². The fourth-order valence-electron chi connectivity index (χ4n) is 1.85. The normalized spacial score (nSPS) is 12.4. The molecular formula is C16H18BrNS. The second-order valence-electron chi connectivity index (χ2n) is 4.54. The van der Waals surface area contributed by atoms with Crippen LogP contribution >= 0.6 is 27.7 Å². The van der Waals surface area contributed by atoms with Crippen LogP contribution in [0.5, 0.6) is 0 Å². The molecule has 0 spiro atoms. The van der Waals surface area contributed by atoms with Crippen LogP contribution in [0.3, 0.4) is 0 Å². The molecule has 0 bridgehead atoms. The van der Waals surface area contributed by atoms with Gasteiger partial charge in [0.15, 0.2) is 0 Å². The molecule has 0 radical (unpaired) electrons. The third-order valence-corrected chi connectivity index (χ3v) is 4.62. The van der Waals surface area contributed by atoms with E-state index < -0.39 is 0 Å². The van der Waals surface area contributed by atoms with Crippen LogP contribution in [0.2, 0.25) is 0 Å². The number of hydrogen-bond donors (Lipinski definition) is 1. The second kappa shape index (κ2) is 7.13. The van der Waals surface area contributed by atoms with E-state index >= 15 is 0 Å². The van der Waals surface area contributed by atoms with Gasteiger partial charge in [-0.15, -0.1) is 0 Å². The van der Waals surface area contributed by atoms with Crippen molar-refractivity contribution in [2.24, 2.45) is 5.73 Å². The molecule has 2 aromatic rings. The highest BCUT2D eigenvalue weighted by atomic mass is 79.9. The quantitative estimate of drug-likeness (QED) is 0.842. The summed E-state index contributed by atoms with van der Waals surface area (Å²) in [7, 11) is 0. The Balaban J connectivity index is 2.24. The third kappa shape index (κ3) is 4.37. The van der Waals surface area contributed by atoms with Crippen LogP contribution in [0.1, 0.15) is 18.9 Å². The maximum absolute atomic E-state index is 6.09. The summed E-state index contributed by atoms with van der Waals surface area (Å²) in [6, 6.07) is 17.1. The zero-order chi connectivity index (χ0) is 13.7. The molecule has 1 unspecified atom stereocenters. The first kappa shape index (κ1) is 14.6. The Labute approximate surface area is 127 Å². The van der Waals surface area contributed by atoms with Crippen LogP contribution in [-0.4, -0.2) is 6.04 Å². The summed E-state index contributed by atoms with van der Waals surface area (Å²) in [5.74, 6) is 0. The van der Waals surface area contributed by atoms with E-state index in [0.29, 0.717) is 0 Å². The third-order valence-electron chi connectivity index (χ3n) is 3.00. The minimum atomic E-state index is 0.226. The van der Waals surface area contributed by atoms with Gasteiger partial charge in [0.1, 0.15) is 0 Å². The van der Waals surface area contributed by atoms with E-state index in [-0.39, 0.29) is 6.04 Å². The van der Waals surface area contributed by atoms with Gasteiger partial charge in [-0.3, -0.25) is 0 Å². The summed E-state index contributed by atoms with van der Waals surface area (Å²) in [5.41, 5.74) is 7.41. The van der Waals surface area contributed by atoms with E-state index in [9.17, 15) is 0 Å². The van der Waals surface area contributed by atoms with Gasteiger partial charge < -0.3 is 5.73 Å². The summed E-state index contributed by atoms with van der Waals surface area (Å²) in [6.07, 6.45) is 1.92. The summed E-state index contributed by atoms with van der Waals surface area (Å²) in [6.45, 7) is 2.13. The molecule has 100 valence electrons. The van der Waals surface area contributed by atoms with Crippen LogP contribution in [0.4, 0.5) is 0 Å². The van der Waals surface area contributed by atoms with E-state index in [1.54, 1.807) is 11.8 Å². The first-order valence-corrected chi connectivity index (χ1v) is 8.07. The van der Waals surface area contributed by atoms with E-state index in [1.807, 2.05) is 6.07 Å². The molecule has 0 aromatic heterocycles. The molecule has 1 atom stereocenters. The molecule has 0 aliphatic heterocycles. The van der Waals surface area contributed by atoms with Crippen LogP contribution in [0, 0.1) is 0 Å². The van der Waals surface area contributed by atoms with Crippen molar-refractivity contribution in [3.63, 3.8) is 0 Å². The van der Waals surface area contributed by atoms with Crippen molar-refractivity contribution >= 4 is 27.7 Å². The van der Waals surface area contributed by atoms with E-state index in [2.05, 4.69) is 65.3 Å². The lowest BCUT2D eigenvalue weighted by Gasteiger charge is -2.13. The number of nitrogens with two attached hydrogens (primary N) is 1. The van der Waals surface area contributed by atoms with Gasteiger partial charge in [0.05, 0.1) is 0 Å². The summed E-state index contributed by atoms with van der Waals surface area (Å²) < 4.78 is 1.11. The summed E-state index contributed by atoms with van der Waals surface area (Å²) in [5, 5.41) is 0. The number of benzene rings is 2. The molecule has 0 aliphatic carbocycles. The van der Waals surface area contributed by atoms with Crippen LogP contribution in [0.25, 0.3) is 0 Å². The van der Waals surface area contributed by atoms with E-state index in [1.165, 1.54) is 15.4 Å². The average Bonchev–Trinajstić information content (AvgIpc) is 2.43. The number of hydrogen-bond acceptors (Lipinski definition) is 2. The average molecular weight is 336 g/mol. The standard InChI is InChI=1S/C16H18BrNS/c1-2-14(18)11-12-10-13(17)8-9-16(12)19-15-6-4-3-5-7-15/h3-10,14H,2,11,18H2,1H3. The van der Waals surface area contributed by atoms with Crippen LogP contribution < -0.4 is 5.73 Å². The number of rotatable bonds is 5. The highest BCUT2D eigenvalue weighted by Crippen LogP contribution is 2.32. The molecule has 0 saturated heterocycles. The Morgan fingerprint density at radius 2 is 1.89 bits per heavy atom. The lowest BCUT2D eigenvalue weighted by molar-refractivity contribution is 0.641. The SMILES string of the molecule is CCC(N)Cc1cc(Br)ccc1Sc1ccccc1. The topological polar surface area (TPSA) is 26.0 Å². The minimum Gasteiger partial charge on any atom is -0.327 e. The van der Waals surface area contributed by atoms with Crippen LogP contribution in [0.15, 0.2) is 62.8 Å². The molecule has 2 rings (SSSR count).